The number of benzene rings is 2. The monoisotopic (exact) mass is 564 g/mol. The Morgan fingerprint density at radius 2 is 1.37 bits per heavy atom. The molecule has 10 nitrogen and oxygen atoms in total. The van der Waals surface area contributed by atoms with Gasteiger partial charge in [0.05, 0.1) is 44.1 Å². The highest BCUT2D eigenvalue weighted by atomic mass is 17.2. The summed E-state index contributed by atoms with van der Waals surface area (Å²) in [6, 6.07) is 12.3. The lowest BCUT2D eigenvalue weighted by molar-refractivity contribution is -0.305. The van der Waals surface area contributed by atoms with E-state index in [0.29, 0.717) is 43.8 Å². The number of methoxy groups -OCH3 is 2. The largest absolute Gasteiger partial charge is 0.487 e. The van der Waals surface area contributed by atoms with Gasteiger partial charge in [0.15, 0.2) is 11.5 Å². The third-order valence-electron chi connectivity index (χ3n) is 6.59. The Labute approximate surface area is 241 Å². The lowest BCUT2D eigenvalue weighted by Crippen LogP contribution is -2.10. The van der Waals surface area contributed by atoms with E-state index in [-0.39, 0.29) is 6.10 Å². The maximum absolute atomic E-state index is 6.33. The van der Waals surface area contributed by atoms with E-state index in [0.717, 1.165) is 58.7 Å². The summed E-state index contributed by atoms with van der Waals surface area (Å²) in [5.41, 5.74) is 5.51. The lowest BCUT2D eigenvalue weighted by atomic mass is 9.98. The van der Waals surface area contributed by atoms with E-state index in [1.807, 2.05) is 31.3 Å². The predicted octanol–water partition coefficient (Wildman–Crippen LogP) is 6.17. The first-order valence-corrected chi connectivity index (χ1v) is 13.9. The van der Waals surface area contributed by atoms with E-state index in [1.165, 1.54) is 7.11 Å². The van der Waals surface area contributed by atoms with Gasteiger partial charge in [0.25, 0.3) is 0 Å². The van der Waals surface area contributed by atoms with Crippen LogP contribution >= 0.6 is 0 Å². The number of aryl methyl sites for hydroxylation is 1. The Hall–Kier alpha value is -3.70. The van der Waals surface area contributed by atoms with E-state index in [9.17, 15) is 0 Å². The maximum Gasteiger partial charge on any atom is 0.171 e. The van der Waals surface area contributed by atoms with Crippen LogP contribution < -0.4 is 9.47 Å². The average Bonchev–Trinajstić information content (AvgIpc) is 3.68. The smallest absolute Gasteiger partial charge is 0.171 e. The zero-order chi connectivity index (χ0) is 29.0. The van der Waals surface area contributed by atoms with Crippen molar-refractivity contribution in [3.63, 3.8) is 0 Å². The van der Waals surface area contributed by atoms with Gasteiger partial charge in [-0.25, -0.2) is 19.7 Å². The predicted molar refractivity (Wildman–Crippen MR) is 157 cm³/mol. The third kappa shape index (κ3) is 7.74. The van der Waals surface area contributed by atoms with Crippen LogP contribution in [0.1, 0.15) is 44.4 Å². The molecule has 0 saturated heterocycles. The van der Waals surface area contributed by atoms with Crippen molar-refractivity contribution in [1.29, 1.82) is 0 Å². The molecule has 0 bridgehead atoms. The molecule has 1 unspecified atom stereocenters. The molecule has 0 fully saturated rings. The van der Waals surface area contributed by atoms with Crippen LogP contribution in [0.3, 0.4) is 0 Å². The number of H-pyrrole nitrogens is 2. The number of aromatic nitrogens is 4. The first-order valence-electron chi connectivity index (χ1n) is 13.9. The maximum atomic E-state index is 6.33. The Morgan fingerprint density at radius 1 is 0.732 bits per heavy atom. The topological polar surface area (TPSA) is 113 Å². The number of unbranched alkanes of at least 4 members (excludes halogenated alkanes) is 1. The first kappa shape index (κ1) is 30.3. The molecule has 41 heavy (non-hydrogen) atoms. The van der Waals surface area contributed by atoms with Gasteiger partial charge in [-0.2, -0.15) is 0 Å². The molecule has 2 N–H and O–H groups in total. The van der Waals surface area contributed by atoms with Crippen molar-refractivity contribution in [1.82, 2.24) is 19.9 Å². The van der Waals surface area contributed by atoms with E-state index in [1.54, 1.807) is 20.4 Å². The summed E-state index contributed by atoms with van der Waals surface area (Å²) in [5, 5.41) is 0. The van der Waals surface area contributed by atoms with E-state index < -0.39 is 0 Å². The lowest BCUT2D eigenvalue weighted by Gasteiger charge is -2.20. The molecular weight excluding hydrogens is 524 g/mol. The second kappa shape index (κ2) is 15.3. The third-order valence-corrected chi connectivity index (χ3v) is 6.59. The Balaban J connectivity index is 1.71. The van der Waals surface area contributed by atoms with Crippen molar-refractivity contribution in [2.45, 2.75) is 39.2 Å². The SMILES string of the molecule is CCCCc1ncc(-c2ccc(-c3ccc(-c4cnc(C(C)OOC)[nH]4)cc3)c(OCCOC)c2OCCOC)[nH]1. The van der Waals surface area contributed by atoms with Crippen LogP contribution in [0.15, 0.2) is 48.8 Å². The molecule has 0 spiro atoms. The summed E-state index contributed by atoms with van der Waals surface area (Å²) in [6.07, 6.45) is 6.41. The normalized spacial score (nSPS) is 12.0. The molecule has 0 aliphatic rings. The Kier molecular flexibility index (Phi) is 11.3. The standard InChI is InChI=1S/C31H40N4O6/c1-6-7-8-28-32-20-27(34-28)25-14-13-24(29(39-17-15-36-3)30(25)40-18-16-37-4)22-9-11-23(12-10-22)26-19-33-31(35-26)21(2)41-38-5/h9-14,19-21H,6-8,15-18H2,1-5H3,(H,32,34)(H,33,35). The average molecular weight is 565 g/mol. The van der Waals surface area contributed by atoms with Gasteiger partial charge in [0.2, 0.25) is 0 Å². The fraction of sp³-hybridized carbons (Fsp3) is 0.419. The fourth-order valence-electron chi connectivity index (χ4n) is 4.42. The van der Waals surface area contributed by atoms with Crippen molar-refractivity contribution >= 4 is 0 Å². The van der Waals surface area contributed by atoms with Gasteiger partial charge >= 0.3 is 0 Å². The van der Waals surface area contributed by atoms with Gasteiger partial charge in [-0.15, -0.1) is 0 Å². The number of hydrogen-bond acceptors (Lipinski definition) is 8. The molecule has 1 atom stereocenters. The van der Waals surface area contributed by atoms with Gasteiger partial charge in [0, 0.05) is 31.8 Å². The molecule has 2 heterocycles. The van der Waals surface area contributed by atoms with E-state index in [4.69, 9.17) is 28.7 Å². The first-order chi connectivity index (χ1) is 20.1. The molecule has 0 amide bonds. The van der Waals surface area contributed by atoms with Crippen molar-refractivity contribution < 1.29 is 28.7 Å². The number of nitrogens with one attached hydrogen (secondary N) is 2. The highest BCUT2D eigenvalue weighted by Gasteiger charge is 2.21. The van der Waals surface area contributed by atoms with Crippen molar-refractivity contribution in [3.05, 3.63) is 60.4 Å². The van der Waals surface area contributed by atoms with Gasteiger partial charge in [-0.1, -0.05) is 37.6 Å². The van der Waals surface area contributed by atoms with Crippen LogP contribution in [0.2, 0.25) is 0 Å². The molecule has 0 aliphatic heterocycles. The molecule has 4 aromatic rings. The molecule has 2 aromatic carbocycles. The Bertz CT molecular complexity index is 1350. The van der Waals surface area contributed by atoms with Crippen LogP contribution in [-0.4, -0.2) is 67.7 Å². The molecule has 0 radical (unpaired) electrons. The van der Waals surface area contributed by atoms with Gasteiger partial charge < -0.3 is 28.9 Å². The minimum Gasteiger partial charge on any atom is -0.487 e. The summed E-state index contributed by atoms with van der Waals surface area (Å²) in [5.74, 6) is 2.92. The summed E-state index contributed by atoms with van der Waals surface area (Å²) in [4.78, 5) is 25.7. The number of rotatable bonds is 17. The van der Waals surface area contributed by atoms with Crippen LogP contribution in [0.25, 0.3) is 33.6 Å². The second-order valence-electron chi connectivity index (χ2n) is 9.51. The number of nitrogens with zero attached hydrogens (tertiary/aromatic N) is 2. The molecule has 220 valence electrons. The van der Waals surface area contributed by atoms with Crippen LogP contribution in [0.5, 0.6) is 11.5 Å². The summed E-state index contributed by atoms with van der Waals surface area (Å²) < 4.78 is 23.2. The van der Waals surface area contributed by atoms with Gasteiger partial charge in [-0.3, -0.25) is 0 Å². The minimum atomic E-state index is -0.313. The molecule has 2 aromatic heterocycles. The summed E-state index contributed by atoms with van der Waals surface area (Å²) in [6.45, 7) is 5.67. The van der Waals surface area contributed by atoms with Crippen molar-refractivity contribution in [2.24, 2.45) is 0 Å². The number of hydrogen-bond donors (Lipinski definition) is 2. The van der Waals surface area contributed by atoms with Gasteiger partial charge in [0.1, 0.15) is 31.0 Å². The molecule has 4 rings (SSSR count). The molecule has 0 aliphatic carbocycles. The second-order valence-corrected chi connectivity index (χ2v) is 9.51. The van der Waals surface area contributed by atoms with Crippen molar-refractivity contribution in [2.75, 3.05) is 47.8 Å². The number of aromatic amines is 2. The molecular formula is C31H40N4O6. The molecule has 10 heteroatoms. The highest BCUT2D eigenvalue weighted by molar-refractivity contribution is 5.82. The minimum absolute atomic E-state index is 0.313. The van der Waals surface area contributed by atoms with Crippen LogP contribution in [0, 0.1) is 0 Å². The quantitative estimate of drug-likeness (QED) is 0.0890. The summed E-state index contributed by atoms with van der Waals surface area (Å²) >= 11 is 0. The van der Waals surface area contributed by atoms with E-state index >= 15 is 0 Å². The zero-order valence-corrected chi connectivity index (χ0v) is 24.5. The summed E-state index contributed by atoms with van der Waals surface area (Å²) in [7, 11) is 4.79. The Morgan fingerprint density at radius 3 is 2.02 bits per heavy atom. The van der Waals surface area contributed by atoms with E-state index in [2.05, 4.69) is 45.1 Å². The number of ether oxygens (including phenoxy) is 4. The van der Waals surface area contributed by atoms with Crippen molar-refractivity contribution in [3.8, 4) is 45.1 Å². The van der Waals surface area contributed by atoms with Crippen LogP contribution in [0.4, 0.5) is 0 Å². The zero-order valence-electron chi connectivity index (χ0n) is 24.5. The van der Waals surface area contributed by atoms with Crippen LogP contribution in [-0.2, 0) is 25.7 Å². The molecule has 0 saturated carbocycles. The van der Waals surface area contributed by atoms with Gasteiger partial charge in [-0.05, 0) is 36.6 Å². The highest BCUT2D eigenvalue weighted by Crippen LogP contribution is 2.45. The number of imidazole rings is 2. The fourth-order valence-corrected chi connectivity index (χ4v) is 4.42.